The van der Waals surface area contributed by atoms with Gasteiger partial charge in [0.15, 0.2) is 0 Å². The molecular formula is C10H11F3O3S. The minimum Gasteiger partial charge on any atom is -0.263 e. The van der Waals surface area contributed by atoms with E-state index < -0.39 is 28.2 Å². The molecule has 7 heteroatoms. The van der Waals surface area contributed by atoms with Gasteiger partial charge in [-0.2, -0.15) is 21.6 Å². The van der Waals surface area contributed by atoms with E-state index in [4.69, 9.17) is 0 Å². The van der Waals surface area contributed by atoms with Crippen LogP contribution in [-0.4, -0.2) is 20.5 Å². The zero-order chi connectivity index (χ0) is 13.1. The minimum atomic E-state index is -5.50. The number of hydrogen-bond donors (Lipinski definition) is 0. The molecule has 1 atom stereocenters. The molecule has 1 rings (SSSR count). The van der Waals surface area contributed by atoms with E-state index in [9.17, 15) is 21.6 Å². The van der Waals surface area contributed by atoms with E-state index in [-0.39, 0.29) is 0 Å². The fourth-order valence-corrected chi connectivity index (χ4v) is 1.65. The van der Waals surface area contributed by atoms with Crippen LogP contribution in [0.1, 0.15) is 18.4 Å². The van der Waals surface area contributed by atoms with Gasteiger partial charge in [0.25, 0.3) is 0 Å². The Hall–Kier alpha value is -1.08. The Bertz CT molecular complexity index is 453. The first-order valence-corrected chi connectivity index (χ1v) is 6.15. The van der Waals surface area contributed by atoms with E-state index in [1.807, 2.05) is 0 Å². The van der Waals surface area contributed by atoms with Gasteiger partial charge in [0, 0.05) is 5.92 Å². The summed E-state index contributed by atoms with van der Waals surface area (Å²) in [6.07, 6.45) is 0. The smallest absolute Gasteiger partial charge is 0.263 e. The monoisotopic (exact) mass is 268 g/mol. The van der Waals surface area contributed by atoms with E-state index in [2.05, 4.69) is 4.18 Å². The normalized spacial score (nSPS) is 14.6. The highest BCUT2D eigenvalue weighted by atomic mass is 32.2. The highest BCUT2D eigenvalue weighted by Gasteiger charge is 2.47. The lowest BCUT2D eigenvalue weighted by Crippen LogP contribution is -2.26. The lowest BCUT2D eigenvalue weighted by atomic mass is 10.0. The van der Waals surface area contributed by atoms with Gasteiger partial charge in [-0.25, -0.2) is 0 Å². The molecule has 0 radical (unpaired) electrons. The lowest BCUT2D eigenvalue weighted by molar-refractivity contribution is -0.0544. The van der Waals surface area contributed by atoms with Crippen molar-refractivity contribution in [1.29, 1.82) is 0 Å². The first kappa shape index (κ1) is 14.0. The van der Waals surface area contributed by atoms with Crippen LogP contribution in [-0.2, 0) is 14.3 Å². The Morgan fingerprint density at radius 3 is 2.24 bits per heavy atom. The Morgan fingerprint density at radius 1 is 1.24 bits per heavy atom. The minimum absolute atomic E-state index is 0.437. The molecule has 0 aliphatic rings. The molecule has 0 aliphatic carbocycles. The van der Waals surface area contributed by atoms with Crippen molar-refractivity contribution in [2.45, 2.75) is 18.3 Å². The molecule has 0 saturated heterocycles. The SMILES string of the molecule is C[C@H](COS(=O)(=O)C(F)(F)F)c1ccccc1. The molecule has 1 aromatic carbocycles. The van der Waals surface area contributed by atoms with Crippen molar-refractivity contribution in [3.05, 3.63) is 35.9 Å². The van der Waals surface area contributed by atoms with E-state index >= 15 is 0 Å². The molecule has 0 heterocycles. The van der Waals surface area contributed by atoms with Gasteiger partial charge < -0.3 is 0 Å². The van der Waals surface area contributed by atoms with Crippen LogP contribution in [0.2, 0.25) is 0 Å². The van der Waals surface area contributed by atoms with Crippen molar-refractivity contribution in [2.75, 3.05) is 6.61 Å². The number of benzene rings is 1. The quantitative estimate of drug-likeness (QED) is 0.623. The maximum atomic E-state index is 12.0. The Labute approximate surface area is 97.3 Å². The molecule has 0 aromatic heterocycles. The second-order valence-electron chi connectivity index (χ2n) is 3.50. The van der Waals surface area contributed by atoms with E-state index in [1.165, 1.54) is 0 Å². The summed E-state index contributed by atoms with van der Waals surface area (Å²) < 4.78 is 61.2. The maximum Gasteiger partial charge on any atom is 0.523 e. The third-order valence-electron chi connectivity index (χ3n) is 2.13. The van der Waals surface area contributed by atoms with Crippen molar-refractivity contribution in [3.8, 4) is 0 Å². The molecule has 0 aliphatic heterocycles. The van der Waals surface area contributed by atoms with Crippen LogP contribution >= 0.6 is 0 Å². The maximum absolute atomic E-state index is 12.0. The summed E-state index contributed by atoms with van der Waals surface area (Å²) in [5.41, 5.74) is -4.66. The second kappa shape index (κ2) is 5.05. The topological polar surface area (TPSA) is 43.4 Å². The van der Waals surface area contributed by atoms with Crippen LogP contribution in [0.4, 0.5) is 13.2 Å². The summed E-state index contributed by atoms with van der Waals surface area (Å²) in [6, 6.07) is 8.56. The zero-order valence-corrected chi connectivity index (χ0v) is 9.75. The summed E-state index contributed by atoms with van der Waals surface area (Å²) >= 11 is 0. The first-order valence-electron chi connectivity index (χ1n) is 4.74. The van der Waals surface area contributed by atoms with Crippen molar-refractivity contribution in [3.63, 3.8) is 0 Å². The van der Waals surface area contributed by atoms with Crippen molar-refractivity contribution < 1.29 is 25.8 Å². The summed E-state index contributed by atoms with van der Waals surface area (Å²) in [7, 11) is -5.50. The number of halogens is 3. The third-order valence-corrected chi connectivity index (χ3v) is 3.14. The summed E-state index contributed by atoms with van der Waals surface area (Å²) in [4.78, 5) is 0. The standard InChI is InChI=1S/C10H11F3O3S/c1-8(9-5-3-2-4-6-9)7-16-17(14,15)10(11,12)13/h2-6,8H,7H2,1H3/t8-/m1/s1. The number of rotatable bonds is 4. The average molecular weight is 268 g/mol. The average Bonchev–Trinajstić information content (AvgIpc) is 2.25. The van der Waals surface area contributed by atoms with E-state index in [0.29, 0.717) is 5.56 Å². The predicted molar refractivity (Wildman–Crippen MR) is 55.8 cm³/mol. The fraction of sp³-hybridized carbons (Fsp3) is 0.400. The van der Waals surface area contributed by atoms with Gasteiger partial charge in [0.05, 0.1) is 6.61 Å². The van der Waals surface area contributed by atoms with Crippen LogP contribution < -0.4 is 0 Å². The van der Waals surface area contributed by atoms with Gasteiger partial charge in [0.1, 0.15) is 0 Å². The Morgan fingerprint density at radius 2 is 1.76 bits per heavy atom. The molecule has 0 fully saturated rings. The van der Waals surface area contributed by atoms with Crippen LogP contribution in [0.3, 0.4) is 0 Å². The highest BCUT2D eigenvalue weighted by Crippen LogP contribution is 2.26. The molecule has 0 unspecified atom stereocenters. The Balaban J connectivity index is 2.64. The second-order valence-corrected chi connectivity index (χ2v) is 5.10. The number of alkyl halides is 3. The van der Waals surface area contributed by atoms with Crippen LogP contribution in [0.5, 0.6) is 0 Å². The molecule has 0 bridgehead atoms. The van der Waals surface area contributed by atoms with Crippen molar-refractivity contribution >= 4 is 10.1 Å². The molecular weight excluding hydrogens is 257 g/mol. The zero-order valence-electron chi connectivity index (χ0n) is 8.94. The molecule has 96 valence electrons. The third kappa shape index (κ3) is 3.71. The van der Waals surface area contributed by atoms with Gasteiger partial charge in [0.2, 0.25) is 0 Å². The molecule has 1 aromatic rings. The molecule has 0 N–H and O–H groups in total. The fourth-order valence-electron chi connectivity index (χ4n) is 1.14. The predicted octanol–water partition coefficient (Wildman–Crippen LogP) is 2.66. The highest BCUT2D eigenvalue weighted by molar-refractivity contribution is 7.87. The van der Waals surface area contributed by atoms with E-state index in [1.54, 1.807) is 37.3 Å². The summed E-state index contributed by atoms with van der Waals surface area (Å²) in [6.45, 7) is 1.05. The first-order chi connectivity index (χ1) is 7.74. The molecule has 3 nitrogen and oxygen atoms in total. The van der Waals surface area contributed by atoms with Crippen molar-refractivity contribution in [2.24, 2.45) is 0 Å². The van der Waals surface area contributed by atoms with Gasteiger partial charge in [-0.15, -0.1) is 0 Å². The largest absolute Gasteiger partial charge is 0.523 e. The van der Waals surface area contributed by atoms with E-state index in [0.717, 1.165) is 0 Å². The van der Waals surface area contributed by atoms with Gasteiger partial charge in [-0.05, 0) is 5.56 Å². The molecule has 0 spiro atoms. The number of hydrogen-bond acceptors (Lipinski definition) is 3. The summed E-state index contributed by atoms with van der Waals surface area (Å²) in [5, 5.41) is 0. The lowest BCUT2D eigenvalue weighted by Gasteiger charge is -2.13. The van der Waals surface area contributed by atoms with Gasteiger partial charge in [-0.3, -0.25) is 4.18 Å². The van der Waals surface area contributed by atoms with Crippen LogP contribution in [0, 0.1) is 0 Å². The van der Waals surface area contributed by atoms with Gasteiger partial charge >= 0.3 is 15.6 Å². The van der Waals surface area contributed by atoms with Crippen LogP contribution in [0.25, 0.3) is 0 Å². The molecule has 17 heavy (non-hydrogen) atoms. The molecule has 0 saturated carbocycles. The Kier molecular flexibility index (Phi) is 4.16. The van der Waals surface area contributed by atoms with Gasteiger partial charge in [-0.1, -0.05) is 37.3 Å². The molecule has 0 amide bonds. The van der Waals surface area contributed by atoms with Crippen LogP contribution in [0.15, 0.2) is 30.3 Å². The van der Waals surface area contributed by atoms with Crippen molar-refractivity contribution in [1.82, 2.24) is 0 Å². The summed E-state index contributed by atoms with van der Waals surface area (Å²) in [5.74, 6) is -0.437.